The molecule has 3 aromatic carbocycles. The van der Waals surface area contributed by atoms with Crippen molar-refractivity contribution in [3.8, 4) is 17.0 Å². The molecule has 0 saturated carbocycles. The molecule has 0 radical (unpaired) electrons. The quantitative estimate of drug-likeness (QED) is 0.210. The van der Waals surface area contributed by atoms with Gasteiger partial charge in [0.05, 0.1) is 11.8 Å². The summed E-state index contributed by atoms with van der Waals surface area (Å²) in [5.41, 5.74) is 11.5. The summed E-state index contributed by atoms with van der Waals surface area (Å²) in [6, 6.07) is 29.0. The van der Waals surface area contributed by atoms with E-state index in [2.05, 4.69) is 118 Å². The fraction of sp³-hybridized carbons (Fsp3) is 0.361. The molecule has 0 N–H and O–H groups in total. The van der Waals surface area contributed by atoms with E-state index in [1.54, 1.807) is 0 Å². The molecular formula is C36H42N2O. The lowest BCUT2D eigenvalue weighted by Crippen LogP contribution is -2.28. The first-order chi connectivity index (χ1) is 19.0. The average Bonchev–Trinajstić information content (AvgIpc) is 3.38. The SMILES string of the molecule is CCc1cccc(CC)c1-c1cc(OC(C)C)c(CN(Cc2ccccc2)C2CCc3ccccc32)c(C)n1. The standard InChI is InChI=1S/C36H42N2O/c1-6-28-17-13-18-29(7-2)36(28)33-22-35(39-25(3)4)32(26(5)37-33)24-38(23-27-14-9-8-10-15-27)34-21-20-30-16-11-12-19-31(30)34/h8-19,22,25,34H,6-7,20-21,23-24H2,1-5H3. The second kappa shape index (κ2) is 12.2. The van der Waals surface area contributed by atoms with Crippen molar-refractivity contribution in [3.63, 3.8) is 0 Å². The minimum Gasteiger partial charge on any atom is -0.491 e. The van der Waals surface area contributed by atoms with E-state index >= 15 is 0 Å². The Morgan fingerprint density at radius 2 is 1.56 bits per heavy atom. The Balaban J connectivity index is 1.58. The van der Waals surface area contributed by atoms with E-state index in [0.29, 0.717) is 6.04 Å². The Bertz CT molecular complexity index is 1390. The molecule has 5 rings (SSSR count). The summed E-state index contributed by atoms with van der Waals surface area (Å²) < 4.78 is 6.55. The van der Waals surface area contributed by atoms with E-state index in [-0.39, 0.29) is 6.10 Å². The Kier molecular flexibility index (Phi) is 8.47. The van der Waals surface area contributed by atoms with Crippen LogP contribution in [0, 0.1) is 6.92 Å². The van der Waals surface area contributed by atoms with Gasteiger partial charge in [0.25, 0.3) is 0 Å². The number of aromatic nitrogens is 1. The van der Waals surface area contributed by atoms with Crippen LogP contribution < -0.4 is 4.74 Å². The van der Waals surface area contributed by atoms with Crippen molar-refractivity contribution >= 4 is 0 Å². The summed E-state index contributed by atoms with van der Waals surface area (Å²) in [5, 5.41) is 0. The lowest BCUT2D eigenvalue weighted by Gasteiger charge is -2.31. The highest BCUT2D eigenvalue weighted by Crippen LogP contribution is 2.40. The molecule has 1 heterocycles. The molecule has 3 nitrogen and oxygen atoms in total. The van der Waals surface area contributed by atoms with E-state index in [4.69, 9.17) is 9.72 Å². The van der Waals surface area contributed by atoms with Crippen LogP contribution in [0.25, 0.3) is 11.3 Å². The Morgan fingerprint density at radius 1 is 0.872 bits per heavy atom. The highest BCUT2D eigenvalue weighted by Gasteiger charge is 2.29. The second-order valence-corrected chi connectivity index (χ2v) is 11.0. The highest BCUT2D eigenvalue weighted by molar-refractivity contribution is 5.70. The van der Waals surface area contributed by atoms with E-state index < -0.39 is 0 Å². The molecule has 0 aliphatic heterocycles. The van der Waals surface area contributed by atoms with Gasteiger partial charge in [0.1, 0.15) is 5.75 Å². The van der Waals surface area contributed by atoms with E-state index in [1.165, 1.54) is 38.9 Å². The second-order valence-electron chi connectivity index (χ2n) is 11.0. The van der Waals surface area contributed by atoms with Gasteiger partial charge in [-0.2, -0.15) is 0 Å². The van der Waals surface area contributed by atoms with E-state index in [1.807, 2.05) is 0 Å². The average molecular weight is 519 g/mol. The van der Waals surface area contributed by atoms with Crippen LogP contribution in [0.15, 0.2) is 78.9 Å². The first-order valence-electron chi connectivity index (χ1n) is 14.6. The van der Waals surface area contributed by atoms with Crippen molar-refractivity contribution in [2.75, 3.05) is 0 Å². The van der Waals surface area contributed by atoms with Gasteiger partial charge in [-0.25, -0.2) is 0 Å². The monoisotopic (exact) mass is 518 g/mol. The fourth-order valence-electron chi connectivity index (χ4n) is 6.13. The zero-order valence-electron chi connectivity index (χ0n) is 24.2. The molecule has 3 heteroatoms. The molecule has 202 valence electrons. The zero-order chi connectivity index (χ0) is 27.4. The normalized spacial score (nSPS) is 14.7. The molecular weight excluding hydrogens is 476 g/mol. The van der Waals surface area contributed by atoms with Crippen molar-refractivity contribution in [1.82, 2.24) is 9.88 Å². The Labute approximate surface area is 234 Å². The Morgan fingerprint density at radius 3 is 2.26 bits per heavy atom. The Hall–Kier alpha value is -3.43. The number of aryl methyl sites for hydroxylation is 4. The zero-order valence-corrected chi connectivity index (χ0v) is 24.2. The molecule has 1 aliphatic rings. The minimum absolute atomic E-state index is 0.0836. The molecule has 0 amide bonds. The summed E-state index contributed by atoms with van der Waals surface area (Å²) in [7, 11) is 0. The maximum Gasteiger partial charge on any atom is 0.128 e. The van der Waals surface area contributed by atoms with Gasteiger partial charge in [0.2, 0.25) is 0 Å². The topological polar surface area (TPSA) is 25.4 Å². The van der Waals surface area contributed by atoms with Crippen molar-refractivity contribution in [2.24, 2.45) is 0 Å². The van der Waals surface area contributed by atoms with Crippen LogP contribution in [-0.2, 0) is 32.4 Å². The van der Waals surface area contributed by atoms with Gasteiger partial charge < -0.3 is 4.74 Å². The molecule has 39 heavy (non-hydrogen) atoms. The van der Waals surface area contributed by atoms with Crippen LogP contribution in [0.5, 0.6) is 5.75 Å². The molecule has 1 unspecified atom stereocenters. The summed E-state index contributed by atoms with van der Waals surface area (Å²) >= 11 is 0. The van der Waals surface area contributed by atoms with Crippen LogP contribution in [0.2, 0.25) is 0 Å². The van der Waals surface area contributed by atoms with Gasteiger partial charge in [0, 0.05) is 42.0 Å². The van der Waals surface area contributed by atoms with Gasteiger partial charge in [-0.15, -0.1) is 0 Å². The first kappa shape index (κ1) is 27.1. The van der Waals surface area contributed by atoms with Crippen LogP contribution in [0.3, 0.4) is 0 Å². The van der Waals surface area contributed by atoms with Crippen molar-refractivity contribution in [2.45, 2.75) is 85.5 Å². The predicted molar refractivity (Wildman–Crippen MR) is 162 cm³/mol. The molecule has 1 aromatic heterocycles. The lowest BCUT2D eigenvalue weighted by atomic mass is 9.94. The molecule has 0 fully saturated rings. The fourth-order valence-corrected chi connectivity index (χ4v) is 6.13. The third kappa shape index (κ3) is 5.94. The van der Waals surface area contributed by atoms with Crippen molar-refractivity contribution < 1.29 is 4.74 Å². The van der Waals surface area contributed by atoms with Gasteiger partial charge >= 0.3 is 0 Å². The number of rotatable bonds is 10. The largest absolute Gasteiger partial charge is 0.491 e. The molecule has 4 aromatic rings. The predicted octanol–water partition coefficient (Wildman–Crippen LogP) is 8.66. The van der Waals surface area contributed by atoms with Gasteiger partial charge in [-0.05, 0) is 74.3 Å². The summed E-state index contributed by atoms with van der Waals surface area (Å²) in [5.74, 6) is 0.963. The summed E-state index contributed by atoms with van der Waals surface area (Å²) in [6.07, 6.45) is 4.32. The molecule has 0 bridgehead atoms. The molecule has 0 spiro atoms. The van der Waals surface area contributed by atoms with Gasteiger partial charge in [0.15, 0.2) is 0 Å². The maximum atomic E-state index is 6.55. The number of hydrogen-bond donors (Lipinski definition) is 0. The summed E-state index contributed by atoms with van der Waals surface area (Å²) in [4.78, 5) is 7.89. The van der Waals surface area contributed by atoms with Crippen LogP contribution in [0.4, 0.5) is 0 Å². The van der Waals surface area contributed by atoms with Crippen LogP contribution in [-0.4, -0.2) is 16.0 Å². The lowest BCUT2D eigenvalue weighted by molar-refractivity contribution is 0.171. The van der Waals surface area contributed by atoms with Crippen LogP contribution in [0.1, 0.15) is 79.2 Å². The van der Waals surface area contributed by atoms with Gasteiger partial charge in [-0.1, -0.05) is 86.6 Å². The summed E-state index contributed by atoms with van der Waals surface area (Å²) in [6.45, 7) is 12.5. The number of fused-ring (bicyclic) bond motifs is 1. The van der Waals surface area contributed by atoms with Gasteiger partial charge in [-0.3, -0.25) is 9.88 Å². The van der Waals surface area contributed by atoms with Crippen molar-refractivity contribution in [1.29, 1.82) is 0 Å². The van der Waals surface area contributed by atoms with E-state index in [9.17, 15) is 0 Å². The first-order valence-corrected chi connectivity index (χ1v) is 14.6. The number of benzene rings is 3. The van der Waals surface area contributed by atoms with Crippen molar-refractivity contribution in [3.05, 3.63) is 118 Å². The number of pyridine rings is 1. The smallest absolute Gasteiger partial charge is 0.128 e. The number of ether oxygens (including phenoxy) is 1. The number of hydrogen-bond acceptors (Lipinski definition) is 3. The maximum absolute atomic E-state index is 6.55. The molecule has 1 atom stereocenters. The van der Waals surface area contributed by atoms with Crippen LogP contribution >= 0.6 is 0 Å². The molecule has 0 saturated heterocycles. The third-order valence-electron chi connectivity index (χ3n) is 8.04. The molecule has 1 aliphatic carbocycles. The number of nitrogens with zero attached hydrogens (tertiary/aromatic N) is 2. The van der Waals surface area contributed by atoms with E-state index in [0.717, 1.165) is 55.9 Å². The highest BCUT2D eigenvalue weighted by atomic mass is 16.5. The third-order valence-corrected chi connectivity index (χ3v) is 8.04. The minimum atomic E-state index is 0.0836.